The van der Waals surface area contributed by atoms with Crippen molar-refractivity contribution in [2.24, 2.45) is 0 Å². The fourth-order valence-electron chi connectivity index (χ4n) is 2.84. The number of carbonyl (C=O) groups is 1. The first-order chi connectivity index (χ1) is 13.7. The Morgan fingerprint density at radius 1 is 1.04 bits per heavy atom. The third-order valence-electron chi connectivity index (χ3n) is 4.24. The molecule has 1 aromatic heterocycles. The molecule has 0 aliphatic rings. The lowest BCUT2D eigenvalue weighted by Crippen LogP contribution is -2.24. The van der Waals surface area contributed by atoms with Crippen molar-refractivity contribution >= 4 is 17.4 Å². The van der Waals surface area contributed by atoms with E-state index in [0.717, 1.165) is 6.54 Å². The van der Waals surface area contributed by atoms with Gasteiger partial charge in [0.15, 0.2) is 0 Å². The van der Waals surface area contributed by atoms with Crippen LogP contribution in [0.2, 0.25) is 0 Å². The van der Waals surface area contributed by atoms with Gasteiger partial charge in [-0.25, -0.2) is 9.97 Å². The summed E-state index contributed by atoms with van der Waals surface area (Å²) in [6, 6.07) is 19.2. The molecule has 3 rings (SSSR count). The molecule has 0 unspecified atom stereocenters. The lowest BCUT2D eigenvalue weighted by Gasteiger charge is -2.22. The van der Waals surface area contributed by atoms with Crippen LogP contribution in [0.1, 0.15) is 29.9 Å². The highest BCUT2D eigenvalue weighted by Gasteiger charge is 2.14. The molecule has 1 heterocycles. The highest BCUT2D eigenvalue weighted by atomic mass is 16.5. The number of nitrogens with zero attached hydrogens (tertiary/aromatic N) is 3. The molecule has 1 amide bonds. The van der Waals surface area contributed by atoms with Crippen LogP contribution in [-0.2, 0) is 6.54 Å². The summed E-state index contributed by atoms with van der Waals surface area (Å²) in [5.41, 5.74) is 2.11. The van der Waals surface area contributed by atoms with Crippen molar-refractivity contribution in [2.45, 2.75) is 20.4 Å². The van der Waals surface area contributed by atoms with Crippen molar-refractivity contribution in [3.63, 3.8) is 0 Å². The van der Waals surface area contributed by atoms with E-state index in [1.807, 2.05) is 43.3 Å². The standard InChI is InChI=1S/C22H24N4O2/c1-3-26(15-17-10-6-5-7-11-17)21-14-19(23-16-24-21)22(27)25-18-12-8-9-13-20(18)28-4-2/h5-14,16H,3-4,15H2,1-2H3,(H,25,27). The van der Waals surface area contributed by atoms with Crippen LogP contribution >= 0.6 is 0 Å². The Hall–Kier alpha value is -3.41. The van der Waals surface area contributed by atoms with Gasteiger partial charge in [-0.1, -0.05) is 42.5 Å². The van der Waals surface area contributed by atoms with Gasteiger partial charge in [0, 0.05) is 19.2 Å². The first-order valence-corrected chi connectivity index (χ1v) is 9.35. The van der Waals surface area contributed by atoms with Gasteiger partial charge < -0.3 is 15.0 Å². The number of hydrogen-bond donors (Lipinski definition) is 1. The zero-order chi connectivity index (χ0) is 19.8. The van der Waals surface area contributed by atoms with E-state index in [9.17, 15) is 4.79 Å². The average Bonchev–Trinajstić information content (AvgIpc) is 2.74. The summed E-state index contributed by atoms with van der Waals surface area (Å²) in [5.74, 6) is 1.04. The molecule has 0 aliphatic carbocycles. The Balaban J connectivity index is 1.77. The van der Waals surface area contributed by atoms with E-state index in [2.05, 4.69) is 39.2 Å². The van der Waals surface area contributed by atoms with Gasteiger partial charge in [-0.05, 0) is 31.5 Å². The van der Waals surface area contributed by atoms with Crippen molar-refractivity contribution in [1.29, 1.82) is 0 Å². The van der Waals surface area contributed by atoms with Gasteiger partial charge in [-0.3, -0.25) is 4.79 Å². The molecule has 0 spiro atoms. The van der Waals surface area contributed by atoms with Crippen LogP contribution in [0.3, 0.4) is 0 Å². The molecule has 0 saturated carbocycles. The Morgan fingerprint density at radius 3 is 2.54 bits per heavy atom. The van der Waals surface area contributed by atoms with Gasteiger partial charge in [-0.15, -0.1) is 0 Å². The van der Waals surface area contributed by atoms with Crippen molar-refractivity contribution in [2.75, 3.05) is 23.4 Å². The van der Waals surface area contributed by atoms with Crippen LogP contribution in [0.5, 0.6) is 5.75 Å². The van der Waals surface area contributed by atoms with Gasteiger partial charge in [0.2, 0.25) is 0 Å². The highest BCUT2D eigenvalue weighted by Crippen LogP contribution is 2.24. The van der Waals surface area contributed by atoms with Crippen LogP contribution < -0.4 is 15.0 Å². The van der Waals surface area contributed by atoms with Gasteiger partial charge in [0.25, 0.3) is 5.91 Å². The predicted molar refractivity (Wildman–Crippen MR) is 111 cm³/mol. The second kappa shape index (κ2) is 9.50. The summed E-state index contributed by atoms with van der Waals surface area (Å²) in [4.78, 5) is 23.3. The summed E-state index contributed by atoms with van der Waals surface area (Å²) < 4.78 is 5.56. The summed E-state index contributed by atoms with van der Waals surface area (Å²) >= 11 is 0. The largest absolute Gasteiger partial charge is 0.492 e. The zero-order valence-electron chi connectivity index (χ0n) is 16.1. The first kappa shape index (κ1) is 19.4. The Morgan fingerprint density at radius 2 is 1.79 bits per heavy atom. The minimum absolute atomic E-state index is 0.299. The minimum atomic E-state index is -0.299. The topological polar surface area (TPSA) is 67.3 Å². The quantitative estimate of drug-likeness (QED) is 0.640. The molecule has 0 radical (unpaired) electrons. The van der Waals surface area contributed by atoms with Gasteiger partial charge in [-0.2, -0.15) is 0 Å². The zero-order valence-corrected chi connectivity index (χ0v) is 16.1. The molecule has 0 bridgehead atoms. The fourth-order valence-corrected chi connectivity index (χ4v) is 2.84. The predicted octanol–water partition coefficient (Wildman–Crippen LogP) is 4.15. The van der Waals surface area contributed by atoms with Crippen LogP contribution in [0.25, 0.3) is 0 Å². The van der Waals surface area contributed by atoms with Crippen molar-refractivity contribution in [1.82, 2.24) is 9.97 Å². The lowest BCUT2D eigenvalue weighted by atomic mass is 10.2. The molecule has 6 nitrogen and oxygen atoms in total. The summed E-state index contributed by atoms with van der Waals surface area (Å²) in [6.45, 7) is 5.96. The molecule has 3 aromatic rings. The molecule has 0 saturated heterocycles. The number of anilines is 2. The third-order valence-corrected chi connectivity index (χ3v) is 4.24. The maximum absolute atomic E-state index is 12.7. The number of rotatable bonds is 8. The fraction of sp³-hybridized carbons (Fsp3) is 0.227. The molecular weight excluding hydrogens is 352 g/mol. The maximum Gasteiger partial charge on any atom is 0.274 e. The van der Waals surface area contributed by atoms with Crippen LogP contribution in [0.4, 0.5) is 11.5 Å². The molecule has 6 heteroatoms. The summed E-state index contributed by atoms with van der Waals surface area (Å²) in [7, 11) is 0. The molecule has 2 aromatic carbocycles. The van der Waals surface area contributed by atoms with Crippen LogP contribution in [-0.4, -0.2) is 29.0 Å². The summed E-state index contributed by atoms with van der Waals surface area (Å²) in [6.07, 6.45) is 1.42. The smallest absolute Gasteiger partial charge is 0.274 e. The van der Waals surface area contributed by atoms with E-state index in [1.54, 1.807) is 12.1 Å². The molecule has 0 fully saturated rings. The van der Waals surface area contributed by atoms with E-state index in [0.29, 0.717) is 36.1 Å². The number of ether oxygens (including phenoxy) is 1. The van der Waals surface area contributed by atoms with E-state index < -0.39 is 0 Å². The molecule has 0 aliphatic heterocycles. The van der Waals surface area contributed by atoms with E-state index in [1.165, 1.54) is 11.9 Å². The Kier molecular flexibility index (Phi) is 6.57. The molecule has 0 atom stereocenters. The monoisotopic (exact) mass is 376 g/mol. The van der Waals surface area contributed by atoms with E-state index >= 15 is 0 Å². The Bertz CT molecular complexity index is 915. The average molecular weight is 376 g/mol. The number of aromatic nitrogens is 2. The van der Waals surface area contributed by atoms with Gasteiger partial charge in [0.05, 0.1) is 12.3 Å². The maximum atomic E-state index is 12.7. The number of hydrogen-bond acceptors (Lipinski definition) is 5. The number of amides is 1. The SMILES string of the molecule is CCOc1ccccc1NC(=O)c1cc(N(CC)Cc2ccccc2)ncn1. The number of para-hydroxylation sites is 2. The van der Waals surface area contributed by atoms with E-state index in [-0.39, 0.29) is 5.91 Å². The number of benzene rings is 2. The van der Waals surface area contributed by atoms with Crippen molar-refractivity contribution < 1.29 is 9.53 Å². The van der Waals surface area contributed by atoms with Gasteiger partial charge >= 0.3 is 0 Å². The van der Waals surface area contributed by atoms with Crippen molar-refractivity contribution in [3.05, 3.63) is 78.2 Å². The second-order valence-electron chi connectivity index (χ2n) is 6.14. The normalized spacial score (nSPS) is 10.4. The second-order valence-corrected chi connectivity index (χ2v) is 6.14. The lowest BCUT2D eigenvalue weighted by molar-refractivity contribution is 0.102. The molecule has 28 heavy (non-hydrogen) atoms. The molecule has 144 valence electrons. The van der Waals surface area contributed by atoms with Crippen LogP contribution in [0.15, 0.2) is 67.0 Å². The minimum Gasteiger partial charge on any atom is -0.492 e. The molecular formula is C22H24N4O2. The third kappa shape index (κ3) is 4.85. The number of nitrogens with one attached hydrogen (secondary N) is 1. The summed E-state index contributed by atoms with van der Waals surface area (Å²) in [5, 5.41) is 2.87. The van der Waals surface area contributed by atoms with Crippen molar-refractivity contribution in [3.8, 4) is 5.75 Å². The Labute approximate surface area is 165 Å². The number of carbonyl (C=O) groups excluding carboxylic acids is 1. The van der Waals surface area contributed by atoms with Crippen LogP contribution in [0, 0.1) is 0 Å². The van der Waals surface area contributed by atoms with E-state index in [4.69, 9.17) is 4.74 Å². The molecule has 1 N–H and O–H groups in total. The highest BCUT2D eigenvalue weighted by molar-refractivity contribution is 6.04. The van der Waals surface area contributed by atoms with Gasteiger partial charge in [0.1, 0.15) is 23.6 Å². The first-order valence-electron chi connectivity index (χ1n) is 9.35.